The van der Waals surface area contributed by atoms with Gasteiger partial charge in [0.2, 0.25) is 5.91 Å². The normalized spacial score (nSPS) is 10.4. The summed E-state index contributed by atoms with van der Waals surface area (Å²) in [6, 6.07) is 6.60. The number of nitrogens with zero attached hydrogens (tertiary/aromatic N) is 4. The van der Waals surface area contributed by atoms with Crippen molar-refractivity contribution in [3.63, 3.8) is 0 Å². The predicted molar refractivity (Wildman–Crippen MR) is 82.5 cm³/mol. The molecule has 3 heterocycles. The van der Waals surface area contributed by atoms with E-state index in [1.54, 1.807) is 36.1 Å². The topological polar surface area (TPSA) is 89.8 Å². The lowest BCUT2D eigenvalue weighted by molar-refractivity contribution is -0.117. The maximum atomic E-state index is 11.9. The van der Waals surface area contributed by atoms with Crippen LogP contribution >= 0.6 is 11.3 Å². The molecule has 7 nitrogen and oxygen atoms in total. The van der Waals surface area contributed by atoms with Crippen LogP contribution in [0.4, 0.5) is 5.13 Å². The summed E-state index contributed by atoms with van der Waals surface area (Å²) in [5.74, 6) is -0.354. The highest BCUT2D eigenvalue weighted by atomic mass is 32.1. The number of thiazole rings is 1. The summed E-state index contributed by atoms with van der Waals surface area (Å²) in [6.45, 7) is -0.174. The highest BCUT2D eigenvalue weighted by Gasteiger charge is 2.09. The molecule has 0 aliphatic carbocycles. The van der Waals surface area contributed by atoms with Crippen LogP contribution in [0.1, 0.15) is 0 Å². The van der Waals surface area contributed by atoms with Crippen molar-refractivity contribution < 1.29 is 4.79 Å². The predicted octanol–water partition coefficient (Wildman–Crippen LogP) is 1.40. The molecular weight excluding hydrogens is 302 g/mol. The lowest BCUT2D eigenvalue weighted by Crippen LogP contribution is -2.29. The van der Waals surface area contributed by atoms with Gasteiger partial charge >= 0.3 is 0 Å². The highest BCUT2D eigenvalue weighted by molar-refractivity contribution is 7.13. The van der Waals surface area contributed by atoms with E-state index in [0.29, 0.717) is 10.8 Å². The fourth-order valence-electron chi connectivity index (χ4n) is 1.81. The molecule has 0 saturated carbocycles. The van der Waals surface area contributed by atoms with Gasteiger partial charge in [-0.15, -0.1) is 11.3 Å². The smallest absolute Gasteiger partial charge is 0.267 e. The second kappa shape index (κ2) is 6.27. The van der Waals surface area contributed by atoms with Gasteiger partial charge in [-0.05, 0) is 18.2 Å². The molecule has 0 spiro atoms. The number of hydrogen-bond donors (Lipinski definition) is 1. The SMILES string of the molecule is O=C(Cn1nc(-c2cccnc2)ccc1=O)Nc1nccs1. The Balaban J connectivity index is 1.81. The molecule has 0 aliphatic rings. The van der Waals surface area contributed by atoms with Gasteiger partial charge in [0.1, 0.15) is 6.54 Å². The minimum Gasteiger partial charge on any atom is -0.300 e. The van der Waals surface area contributed by atoms with E-state index in [2.05, 4.69) is 20.4 Å². The molecule has 0 aromatic carbocycles. The van der Waals surface area contributed by atoms with Gasteiger partial charge in [0, 0.05) is 35.6 Å². The van der Waals surface area contributed by atoms with E-state index in [4.69, 9.17) is 0 Å². The number of pyridine rings is 1. The average Bonchev–Trinajstić information content (AvgIpc) is 3.03. The average molecular weight is 313 g/mol. The van der Waals surface area contributed by atoms with Crippen LogP contribution in [0.2, 0.25) is 0 Å². The molecule has 8 heteroatoms. The first-order valence-corrected chi connectivity index (χ1v) is 7.28. The number of hydrogen-bond acceptors (Lipinski definition) is 6. The Morgan fingerprint density at radius 2 is 2.18 bits per heavy atom. The standard InChI is InChI=1S/C14H11N5O2S/c20-12(17-14-16-6-7-22-14)9-19-13(21)4-3-11(18-19)10-2-1-5-15-8-10/h1-8H,9H2,(H,16,17,20). The maximum absolute atomic E-state index is 11.9. The van der Waals surface area contributed by atoms with Gasteiger partial charge in [-0.2, -0.15) is 5.10 Å². The monoisotopic (exact) mass is 313 g/mol. The van der Waals surface area contributed by atoms with Gasteiger partial charge in [0.15, 0.2) is 5.13 Å². The Labute approximate surface area is 129 Å². The van der Waals surface area contributed by atoms with Crippen LogP contribution in [0.15, 0.2) is 53.0 Å². The summed E-state index contributed by atoms with van der Waals surface area (Å²) in [4.78, 5) is 31.7. The quantitative estimate of drug-likeness (QED) is 0.786. The minimum absolute atomic E-state index is 0.174. The molecule has 3 rings (SSSR count). The van der Waals surface area contributed by atoms with Crippen molar-refractivity contribution in [1.29, 1.82) is 0 Å². The molecule has 0 radical (unpaired) electrons. The van der Waals surface area contributed by atoms with Crippen molar-refractivity contribution in [2.75, 3.05) is 5.32 Å². The number of nitrogens with one attached hydrogen (secondary N) is 1. The third-order valence-electron chi connectivity index (χ3n) is 2.80. The second-order valence-corrected chi connectivity index (χ2v) is 5.24. The van der Waals surface area contributed by atoms with E-state index < -0.39 is 0 Å². The summed E-state index contributed by atoms with van der Waals surface area (Å²) in [7, 11) is 0. The second-order valence-electron chi connectivity index (χ2n) is 4.34. The van der Waals surface area contributed by atoms with Crippen molar-refractivity contribution in [3.8, 4) is 11.3 Å². The van der Waals surface area contributed by atoms with Gasteiger partial charge in [-0.25, -0.2) is 9.67 Å². The van der Waals surface area contributed by atoms with E-state index in [1.807, 2.05) is 6.07 Å². The van der Waals surface area contributed by atoms with Crippen molar-refractivity contribution in [2.24, 2.45) is 0 Å². The van der Waals surface area contributed by atoms with E-state index >= 15 is 0 Å². The Kier molecular flexibility index (Phi) is 4.01. The molecule has 0 atom stereocenters. The number of aromatic nitrogens is 4. The first-order chi connectivity index (χ1) is 10.7. The van der Waals surface area contributed by atoms with Crippen LogP contribution in [0, 0.1) is 0 Å². The van der Waals surface area contributed by atoms with Gasteiger partial charge < -0.3 is 5.32 Å². The van der Waals surface area contributed by atoms with E-state index in [1.165, 1.54) is 17.4 Å². The number of amides is 1. The van der Waals surface area contributed by atoms with Gasteiger partial charge in [0.05, 0.1) is 5.69 Å². The Hall–Kier alpha value is -2.87. The number of carbonyl (C=O) groups is 1. The summed E-state index contributed by atoms with van der Waals surface area (Å²) in [5.41, 5.74) is 1.01. The molecular formula is C14H11N5O2S. The number of rotatable bonds is 4. The van der Waals surface area contributed by atoms with Crippen molar-refractivity contribution >= 4 is 22.4 Å². The van der Waals surface area contributed by atoms with Crippen LogP contribution in [-0.2, 0) is 11.3 Å². The first-order valence-electron chi connectivity index (χ1n) is 6.40. The van der Waals surface area contributed by atoms with Crippen LogP contribution in [-0.4, -0.2) is 25.7 Å². The zero-order valence-electron chi connectivity index (χ0n) is 11.3. The third kappa shape index (κ3) is 3.23. The van der Waals surface area contributed by atoms with Crippen molar-refractivity contribution in [2.45, 2.75) is 6.54 Å². The van der Waals surface area contributed by atoms with E-state index in [-0.39, 0.29) is 18.0 Å². The Morgan fingerprint density at radius 1 is 1.27 bits per heavy atom. The molecule has 0 unspecified atom stereocenters. The number of anilines is 1. The Bertz CT molecular complexity index is 830. The Morgan fingerprint density at radius 3 is 2.91 bits per heavy atom. The van der Waals surface area contributed by atoms with Crippen LogP contribution < -0.4 is 10.9 Å². The first kappa shape index (κ1) is 14.1. The highest BCUT2D eigenvalue weighted by Crippen LogP contribution is 2.13. The molecule has 1 N–H and O–H groups in total. The lowest BCUT2D eigenvalue weighted by atomic mass is 10.2. The third-order valence-corrected chi connectivity index (χ3v) is 3.48. The zero-order valence-corrected chi connectivity index (χ0v) is 12.2. The maximum Gasteiger partial charge on any atom is 0.267 e. The largest absolute Gasteiger partial charge is 0.300 e. The summed E-state index contributed by atoms with van der Waals surface area (Å²) < 4.78 is 1.12. The molecule has 110 valence electrons. The zero-order chi connectivity index (χ0) is 15.4. The summed E-state index contributed by atoms with van der Waals surface area (Å²) in [5, 5.41) is 9.05. The van der Waals surface area contributed by atoms with Crippen LogP contribution in [0.3, 0.4) is 0 Å². The van der Waals surface area contributed by atoms with E-state index in [9.17, 15) is 9.59 Å². The molecule has 0 saturated heterocycles. The van der Waals surface area contributed by atoms with Crippen molar-refractivity contribution in [1.82, 2.24) is 19.7 Å². The molecule has 0 fully saturated rings. The molecule has 0 bridgehead atoms. The van der Waals surface area contributed by atoms with Gasteiger partial charge in [-0.3, -0.25) is 14.6 Å². The summed E-state index contributed by atoms with van der Waals surface area (Å²) in [6.07, 6.45) is 4.89. The minimum atomic E-state index is -0.354. The fraction of sp³-hybridized carbons (Fsp3) is 0.0714. The van der Waals surface area contributed by atoms with Crippen LogP contribution in [0.5, 0.6) is 0 Å². The summed E-state index contributed by atoms with van der Waals surface area (Å²) >= 11 is 1.31. The van der Waals surface area contributed by atoms with Gasteiger partial charge in [0.25, 0.3) is 5.56 Å². The lowest BCUT2D eigenvalue weighted by Gasteiger charge is -2.06. The molecule has 0 aliphatic heterocycles. The van der Waals surface area contributed by atoms with E-state index in [0.717, 1.165) is 10.2 Å². The molecule has 22 heavy (non-hydrogen) atoms. The molecule has 3 aromatic heterocycles. The van der Waals surface area contributed by atoms with Gasteiger partial charge in [-0.1, -0.05) is 0 Å². The van der Waals surface area contributed by atoms with Crippen molar-refractivity contribution in [3.05, 3.63) is 58.6 Å². The fourth-order valence-corrected chi connectivity index (χ4v) is 2.36. The number of carbonyl (C=O) groups excluding carboxylic acids is 1. The molecule has 1 amide bonds. The van der Waals surface area contributed by atoms with Crippen LogP contribution in [0.25, 0.3) is 11.3 Å². The molecule has 3 aromatic rings.